The van der Waals surface area contributed by atoms with Gasteiger partial charge in [0.25, 0.3) is 5.91 Å². The zero-order chi connectivity index (χ0) is 16.0. The first-order chi connectivity index (χ1) is 10.4. The fraction of sp³-hybridized carbons (Fsp3) is 0.267. The van der Waals surface area contributed by atoms with Crippen molar-refractivity contribution in [2.75, 3.05) is 5.32 Å². The molecule has 0 fully saturated rings. The summed E-state index contributed by atoms with van der Waals surface area (Å²) in [4.78, 5) is 12.4. The molecule has 7 heteroatoms. The van der Waals surface area contributed by atoms with Gasteiger partial charge in [-0.25, -0.2) is 13.2 Å². The van der Waals surface area contributed by atoms with Gasteiger partial charge in [0.1, 0.15) is 5.69 Å². The number of carbonyl (C=O) groups is 1. The summed E-state index contributed by atoms with van der Waals surface area (Å²) in [6.07, 6.45) is 3.21. The van der Waals surface area contributed by atoms with Crippen molar-refractivity contribution in [3.63, 3.8) is 0 Å². The Labute approximate surface area is 124 Å². The van der Waals surface area contributed by atoms with Crippen LogP contribution in [-0.2, 0) is 13.5 Å². The second kappa shape index (κ2) is 5.17. The number of fused-ring (bicyclic) bond motifs is 1. The number of hydrogen-bond donors (Lipinski definition) is 2. The molecule has 0 spiro atoms. The van der Waals surface area contributed by atoms with Gasteiger partial charge in [0.15, 0.2) is 17.5 Å². The second-order valence-electron chi connectivity index (χ2n) is 5.38. The lowest BCUT2D eigenvalue weighted by Gasteiger charge is -2.09. The van der Waals surface area contributed by atoms with Crippen molar-refractivity contribution in [2.45, 2.75) is 18.9 Å². The first kappa shape index (κ1) is 14.6. The lowest BCUT2D eigenvalue weighted by Crippen LogP contribution is -2.17. The highest BCUT2D eigenvalue weighted by atomic mass is 19.2. The van der Waals surface area contributed by atoms with Gasteiger partial charge in [-0.1, -0.05) is 0 Å². The van der Waals surface area contributed by atoms with Gasteiger partial charge in [-0.2, -0.15) is 0 Å². The fourth-order valence-electron chi connectivity index (χ4n) is 2.85. The molecule has 0 saturated carbocycles. The number of benzene rings is 1. The van der Waals surface area contributed by atoms with Gasteiger partial charge < -0.3 is 15.6 Å². The maximum absolute atomic E-state index is 13.2. The van der Waals surface area contributed by atoms with Gasteiger partial charge in [0.2, 0.25) is 0 Å². The van der Waals surface area contributed by atoms with Crippen LogP contribution < -0.4 is 11.1 Å². The van der Waals surface area contributed by atoms with Gasteiger partial charge in [-0.3, -0.25) is 4.79 Å². The number of carbonyl (C=O) groups excluding carboxylic acids is 1. The molecule has 22 heavy (non-hydrogen) atoms. The fourth-order valence-corrected chi connectivity index (χ4v) is 2.85. The van der Waals surface area contributed by atoms with E-state index in [1.807, 2.05) is 0 Å². The highest BCUT2D eigenvalue weighted by Crippen LogP contribution is 2.33. The van der Waals surface area contributed by atoms with Crippen molar-refractivity contribution in [1.29, 1.82) is 0 Å². The van der Waals surface area contributed by atoms with Crippen molar-refractivity contribution in [3.8, 4) is 0 Å². The van der Waals surface area contributed by atoms with E-state index < -0.39 is 23.4 Å². The minimum Gasteiger partial charge on any atom is -0.346 e. The molecule has 116 valence electrons. The first-order valence-electron chi connectivity index (χ1n) is 6.78. The monoisotopic (exact) mass is 309 g/mol. The highest BCUT2D eigenvalue weighted by molar-refractivity contribution is 6.04. The topological polar surface area (TPSA) is 60.0 Å². The molecule has 1 aromatic heterocycles. The third kappa shape index (κ3) is 2.27. The molecule has 1 atom stereocenters. The summed E-state index contributed by atoms with van der Waals surface area (Å²) >= 11 is 0. The van der Waals surface area contributed by atoms with Crippen LogP contribution in [0.5, 0.6) is 0 Å². The summed E-state index contributed by atoms with van der Waals surface area (Å²) in [6.45, 7) is 0. The van der Waals surface area contributed by atoms with Crippen molar-refractivity contribution >= 4 is 11.6 Å². The number of amides is 1. The number of nitrogens with one attached hydrogen (secondary N) is 1. The van der Waals surface area contributed by atoms with Crippen molar-refractivity contribution in [2.24, 2.45) is 12.8 Å². The van der Waals surface area contributed by atoms with Crippen molar-refractivity contribution < 1.29 is 18.0 Å². The van der Waals surface area contributed by atoms with Crippen LogP contribution in [-0.4, -0.2) is 10.5 Å². The molecule has 3 N–H and O–H groups in total. The standard InChI is InChI=1S/C15H14F3N3O/c1-21-6-9-8(2-3-12(9)19)14(21)15(22)20-7-4-10(16)13(18)11(17)5-7/h4-6,12H,2-3,19H2,1H3,(H,20,22). The van der Waals surface area contributed by atoms with E-state index >= 15 is 0 Å². The minimum atomic E-state index is -1.57. The Morgan fingerprint density at radius 1 is 1.32 bits per heavy atom. The Morgan fingerprint density at radius 3 is 2.59 bits per heavy atom. The van der Waals surface area contributed by atoms with E-state index in [2.05, 4.69) is 5.32 Å². The normalized spacial score (nSPS) is 16.7. The Bertz CT molecular complexity index is 747. The SMILES string of the molecule is Cn1cc2c(c1C(=O)Nc1cc(F)c(F)c(F)c1)CCC2N. The van der Waals surface area contributed by atoms with Crippen LogP contribution in [0.25, 0.3) is 0 Å². The molecular formula is C15H14F3N3O. The average Bonchev–Trinajstić information content (AvgIpc) is 2.95. The molecule has 0 radical (unpaired) electrons. The van der Waals surface area contributed by atoms with Crippen LogP contribution in [0.4, 0.5) is 18.9 Å². The molecule has 0 bridgehead atoms. The number of rotatable bonds is 2. The number of aromatic nitrogens is 1. The van der Waals surface area contributed by atoms with Crippen LogP contribution >= 0.6 is 0 Å². The van der Waals surface area contributed by atoms with Gasteiger partial charge in [0.05, 0.1) is 0 Å². The predicted molar refractivity (Wildman–Crippen MR) is 74.9 cm³/mol. The summed E-state index contributed by atoms with van der Waals surface area (Å²) in [7, 11) is 1.70. The van der Waals surface area contributed by atoms with E-state index in [0.29, 0.717) is 12.1 Å². The summed E-state index contributed by atoms with van der Waals surface area (Å²) < 4.78 is 41.0. The Kier molecular flexibility index (Phi) is 3.44. The molecule has 0 aliphatic heterocycles. The molecule has 3 rings (SSSR count). The van der Waals surface area contributed by atoms with Gasteiger partial charge in [0, 0.05) is 37.1 Å². The second-order valence-corrected chi connectivity index (χ2v) is 5.38. The van der Waals surface area contributed by atoms with Crippen LogP contribution in [0, 0.1) is 17.5 Å². The highest BCUT2D eigenvalue weighted by Gasteiger charge is 2.28. The molecule has 1 amide bonds. The summed E-state index contributed by atoms with van der Waals surface area (Å²) in [5.74, 6) is -4.78. The van der Waals surface area contributed by atoms with E-state index in [1.54, 1.807) is 17.8 Å². The van der Waals surface area contributed by atoms with Gasteiger partial charge >= 0.3 is 0 Å². The van der Waals surface area contributed by atoms with E-state index in [4.69, 9.17) is 5.73 Å². The number of nitrogens with two attached hydrogens (primary N) is 1. The number of halogens is 3. The van der Waals surface area contributed by atoms with E-state index in [-0.39, 0.29) is 11.7 Å². The lowest BCUT2D eigenvalue weighted by atomic mass is 10.1. The van der Waals surface area contributed by atoms with Crippen molar-refractivity contribution in [1.82, 2.24) is 4.57 Å². The number of hydrogen-bond acceptors (Lipinski definition) is 2. The van der Waals surface area contributed by atoms with Crippen LogP contribution in [0.15, 0.2) is 18.3 Å². The quantitative estimate of drug-likeness (QED) is 0.838. The lowest BCUT2D eigenvalue weighted by molar-refractivity contribution is 0.101. The molecule has 4 nitrogen and oxygen atoms in total. The molecule has 1 aliphatic rings. The Balaban J connectivity index is 1.92. The van der Waals surface area contributed by atoms with Crippen LogP contribution in [0.1, 0.15) is 34.1 Å². The zero-order valence-corrected chi connectivity index (χ0v) is 11.8. The van der Waals surface area contributed by atoms with Crippen LogP contribution in [0.3, 0.4) is 0 Å². The van der Waals surface area contributed by atoms with Crippen LogP contribution in [0.2, 0.25) is 0 Å². The first-order valence-corrected chi connectivity index (χ1v) is 6.78. The predicted octanol–water partition coefficient (Wildman–Crippen LogP) is 2.64. The molecule has 1 unspecified atom stereocenters. The molecule has 1 aliphatic carbocycles. The largest absolute Gasteiger partial charge is 0.346 e. The molecule has 0 saturated heterocycles. The third-order valence-corrected chi connectivity index (χ3v) is 3.88. The molecule has 1 aromatic carbocycles. The maximum atomic E-state index is 13.2. The zero-order valence-electron chi connectivity index (χ0n) is 11.8. The molecule has 1 heterocycles. The van der Waals surface area contributed by atoms with Gasteiger partial charge in [-0.15, -0.1) is 0 Å². The van der Waals surface area contributed by atoms with Gasteiger partial charge in [-0.05, 0) is 24.0 Å². The number of anilines is 1. The summed E-state index contributed by atoms with van der Waals surface area (Å²) in [5.41, 5.74) is 7.96. The number of aryl methyl sites for hydroxylation is 1. The molecule has 2 aromatic rings. The molecular weight excluding hydrogens is 295 g/mol. The van der Waals surface area contributed by atoms with Crippen molar-refractivity contribution in [3.05, 3.63) is 52.6 Å². The maximum Gasteiger partial charge on any atom is 0.272 e. The number of nitrogens with zero attached hydrogens (tertiary/aromatic N) is 1. The van der Waals surface area contributed by atoms with E-state index in [0.717, 1.165) is 29.7 Å². The summed E-state index contributed by atoms with van der Waals surface area (Å²) in [5, 5.41) is 2.39. The Morgan fingerprint density at radius 2 is 1.95 bits per heavy atom. The van der Waals surface area contributed by atoms with E-state index in [9.17, 15) is 18.0 Å². The third-order valence-electron chi connectivity index (χ3n) is 3.88. The smallest absolute Gasteiger partial charge is 0.272 e. The Hall–Kier alpha value is -2.28. The van der Waals surface area contributed by atoms with E-state index in [1.165, 1.54) is 0 Å². The minimum absolute atomic E-state index is 0.108. The summed E-state index contributed by atoms with van der Waals surface area (Å²) in [6, 6.07) is 1.37. The average molecular weight is 309 g/mol.